The first kappa shape index (κ1) is 21.6. The summed E-state index contributed by atoms with van der Waals surface area (Å²) in [4.78, 5) is 21.1. The number of halogens is 1. The minimum Gasteiger partial charge on any atom is -0.356 e. The van der Waals surface area contributed by atoms with Crippen molar-refractivity contribution in [3.63, 3.8) is 0 Å². The number of amides is 1. The monoisotopic (exact) mass is 460 g/mol. The molecule has 1 unspecified atom stereocenters. The maximum Gasteiger partial charge on any atom is 0.253 e. The molecule has 8 heteroatoms. The summed E-state index contributed by atoms with van der Waals surface area (Å²) >= 11 is 6.26. The molecule has 1 fully saturated rings. The Morgan fingerprint density at radius 3 is 3.00 bits per heavy atom. The fourth-order valence-corrected chi connectivity index (χ4v) is 4.27. The number of fused-ring (bicyclic) bond motifs is 1. The number of nitrogens with one attached hydrogen (secondary N) is 1. The van der Waals surface area contributed by atoms with Gasteiger partial charge in [-0.05, 0) is 60.7 Å². The van der Waals surface area contributed by atoms with Gasteiger partial charge in [0.05, 0.1) is 29.5 Å². The first-order valence-corrected chi connectivity index (χ1v) is 11.4. The number of carbonyl (C=O) groups is 1. The van der Waals surface area contributed by atoms with Crippen LogP contribution in [0.2, 0.25) is 5.02 Å². The van der Waals surface area contributed by atoms with Gasteiger partial charge in [-0.1, -0.05) is 17.7 Å². The van der Waals surface area contributed by atoms with Crippen molar-refractivity contribution in [3.8, 4) is 0 Å². The smallest absolute Gasteiger partial charge is 0.253 e. The van der Waals surface area contributed by atoms with Crippen LogP contribution >= 0.6 is 11.6 Å². The summed E-state index contributed by atoms with van der Waals surface area (Å²) in [5.74, 6) is -0.210. The number of carbonyl (C=O) groups excluding carboxylic acids is 1. The molecule has 167 valence electrons. The van der Waals surface area contributed by atoms with Gasteiger partial charge in [0.2, 0.25) is 0 Å². The molecule has 1 N–H and O–H groups in total. The highest BCUT2D eigenvalue weighted by atomic mass is 35.5. The summed E-state index contributed by atoms with van der Waals surface area (Å²) in [7, 11) is 0. The lowest BCUT2D eigenvalue weighted by Crippen LogP contribution is -2.24. The van der Waals surface area contributed by atoms with Crippen molar-refractivity contribution in [2.75, 3.05) is 6.61 Å². The van der Waals surface area contributed by atoms with E-state index in [2.05, 4.69) is 21.5 Å². The van der Waals surface area contributed by atoms with Crippen molar-refractivity contribution in [1.29, 1.82) is 0 Å². The number of nitrogens with zero attached hydrogens (tertiary/aromatic N) is 4. The predicted octanol–water partition coefficient (Wildman–Crippen LogP) is 4.50. The Hall–Kier alpha value is -3.29. The maximum absolute atomic E-state index is 12.9. The fourth-order valence-electron chi connectivity index (χ4n) is 4.10. The SMILES string of the molecule is O=C(NCc1nn(C2CCCCO2)c2ccc(Cl)cc12)c1cncc(Cc2[c]nccc2)c1. The van der Waals surface area contributed by atoms with Gasteiger partial charge in [-0.15, -0.1) is 0 Å². The second-order valence-corrected chi connectivity index (χ2v) is 8.53. The largest absolute Gasteiger partial charge is 0.356 e. The van der Waals surface area contributed by atoms with Gasteiger partial charge in [0.15, 0.2) is 6.23 Å². The predicted molar refractivity (Wildman–Crippen MR) is 125 cm³/mol. The van der Waals surface area contributed by atoms with Gasteiger partial charge in [-0.2, -0.15) is 5.10 Å². The van der Waals surface area contributed by atoms with Gasteiger partial charge < -0.3 is 10.1 Å². The van der Waals surface area contributed by atoms with Crippen LogP contribution in [0.25, 0.3) is 10.9 Å². The summed E-state index contributed by atoms with van der Waals surface area (Å²) in [5, 5.41) is 9.30. The number of hydrogen-bond donors (Lipinski definition) is 1. The highest BCUT2D eigenvalue weighted by Gasteiger charge is 2.21. The van der Waals surface area contributed by atoms with E-state index < -0.39 is 0 Å². The van der Waals surface area contributed by atoms with Crippen LogP contribution in [-0.2, 0) is 17.7 Å². The van der Waals surface area contributed by atoms with Crippen molar-refractivity contribution in [1.82, 2.24) is 25.1 Å². The number of aromatic nitrogens is 4. The molecular formula is C25H23ClN5O2. The molecule has 33 heavy (non-hydrogen) atoms. The van der Waals surface area contributed by atoms with E-state index in [1.165, 1.54) is 0 Å². The Labute approximate surface area is 196 Å². The molecular weight excluding hydrogens is 438 g/mol. The van der Waals surface area contributed by atoms with Crippen molar-refractivity contribution in [2.24, 2.45) is 0 Å². The van der Waals surface area contributed by atoms with Gasteiger partial charge in [0.1, 0.15) is 0 Å². The fraction of sp³-hybridized carbons (Fsp3) is 0.280. The Bertz CT molecular complexity index is 1270. The summed E-state index contributed by atoms with van der Waals surface area (Å²) in [5.41, 5.74) is 4.06. The molecule has 0 aliphatic carbocycles. The van der Waals surface area contributed by atoms with Crippen LogP contribution < -0.4 is 5.32 Å². The number of hydrogen-bond acceptors (Lipinski definition) is 5. The molecule has 1 radical (unpaired) electrons. The second kappa shape index (κ2) is 9.68. The van der Waals surface area contributed by atoms with Crippen LogP contribution in [0.5, 0.6) is 0 Å². The number of pyridine rings is 2. The molecule has 5 rings (SSSR count). The zero-order valence-corrected chi connectivity index (χ0v) is 18.8. The summed E-state index contributed by atoms with van der Waals surface area (Å²) in [6.45, 7) is 1.00. The van der Waals surface area contributed by atoms with Gasteiger partial charge in [0.25, 0.3) is 5.91 Å². The van der Waals surface area contributed by atoms with E-state index in [1.54, 1.807) is 18.6 Å². The molecule has 1 amide bonds. The molecule has 1 aromatic carbocycles. The van der Waals surface area contributed by atoms with E-state index in [0.717, 1.165) is 53.6 Å². The first-order chi connectivity index (χ1) is 16.2. The van der Waals surface area contributed by atoms with Crippen LogP contribution in [0.1, 0.15) is 52.7 Å². The molecule has 1 aliphatic heterocycles. The Morgan fingerprint density at radius 1 is 1.24 bits per heavy atom. The normalized spacial score (nSPS) is 16.1. The molecule has 1 atom stereocenters. The third-order valence-electron chi connectivity index (χ3n) is 5.71. The zero-order chi connectivity index (χ0) is 22.6. The molecule has 0 saturated carbocycles. The molecule has 3 aromatic heterocycles. The lowest BCUT2D eigenvalue weighted by Gasteiger charge is -2.23. The third kappa shape index (κ3) is 4.89. The molecule has 1 aliphatic rings. The van der Waals surface area contributed by atoms with Crippen molar-refractivity contribution in [3.05, 3.63) is 88.6 Å². The summed E-state index contributed by atoms with van der Waals surface area (Å²) < 4.78 is 7.85. The average molecular weight is 461 g/mol. The topological polar surface area (TPSA) is 81.9 Å². The Kier molecular flexibility index (Phi) is 6.32. The van der Waals surface area contributed by atoms with Gasteiger partial charge in [-0.3, -0.25) is 14.8 Å². The van der Waals surface area contributed by atoms with Crippen LogP contribution in [0.4, 0.5) is 0 Å². The lowest BCUT2D eigenvalue weighted by atomic mass is 10.1. The number of ether oxygens (including phenoxy) is 1. The van der Waals surface area contributed by atoms with Crippen molar-refractivity contribution in [2.45, 2.75) is 38.5 Å². The minimum atomic E-state index is -0.210. The van der Waals surface area contributed by atoms with Crippen molar-refractivity contribution >= 4 is 28.4 Å². The second-order valence-electron chi connectivity index (χ2n) is 8.09. The van der Waals surface area contributed by atoms with Gasteiger partial charge in [0, 0.05) is 42.0 Å². The molecule has 4 heterocycles. The summed E-state index contributed by atoms with van der Waals surface area (Å²) in [6.07, 6.45) is 11.5. The van der Waals surface area contributed by atoms with E-state index in [9.17, 15) is 4.79 Å². The maximum atomic E-state index is 12.9. The minimum absolute atomic E-state index is 0.1000. The molecule has 4 aromatic rings. The quantitative estimate of drug-likeness (QED) is 0.458. The van der Waals surface area contributed by atoms with E-state index in [4.69, 9.17) is 21.4 Å². The lowest BCUT2D eigenvalue weighted by molar-refractivity contribution is -0.0369. The van der Waals surface area contributed by atoms with E-state index in [-0.39, 0.29) is 18.7 Å². The number of benzene rings is 1. The Morgan fingerprint density at radius 2 is 2.18 bits per heavy atom. The van der Waals surface area contributed by atoms with E-state index >= 15 is 0 Å². The van der Waals surface area contributed by atoms with Gasteiger partial charge >= 0.3 is 0 Å². The van der Waals surface area contributed by atoms with Crippen LogP contribution in [-0.4, -0.2) is 32.3 Å². The number of rotatable bonds is 6. The standard InChI is InChI=1S/C25H23ClN5O2/c26-20-6-7-23-21(12-20)22(30-31(23)24-5-1-2-9-33-24)16-29-25(32)19-11-18(14-28-15-19)10-17-4-3-8-27-13-17/h3-4,6-8,11-12,14-15,24H,1-2,5,9-10,16H2,(H,29,32). The highest BCUT2D eigenvalue weighted by molar-refractivity contribution is 6.31. The van der Waals surface area contributed by atoms with E-state index in [0.29, 0.717) is 17.0 Å². The average Bonchev–Trinajstić information content (AvgIpc) is 3.21. The van der Waals surface area contributed by atoms with Crippen LogP contribution in [0.15, 0.2) is 55.0 Å². The molecule has 7 nitrogen and oxygen atoms in total. The van der Waals surface area contributed by atoms with Crippen LogP contribution in [0, 0.1) is 6.20 Å². The van der Waals surface area contributed by atoms with Crippen molar-refractivity contribution < 1.29 is 9.53 Å². The van der Waals surface area contributed by atoms with Crippen LogP contribution in [0.3, 0.4) is 0 Å². The first-order valence-electron chi connectivity index (χ1n) is 11.0. The summed E-state index contributed by atoms with van der Waals surface area (Å²) in [6, 6.07) is 11.3. The third-order valence-corrected chi connectivity index (χ3v) is 5.94. The molecule has 1 saturated heterocycles. The Balaban J connectivity index is 1.34. The highest BCUT2D eigenvalue weighted by Crippen LogP contribution is 2.29. The van der Waals surface area contributed by atoms with E-state index in [1.807, 2.05) is 41.1 Å². The van der Waals surface area contributed by atoms with Gasteiger partial charge in [-0.25, -0.2) is 4.68 Å². The zero-order valence-electron chi connectivity index (χ0n) is 18.0. The molecule has 0 bridgehead atoms. The molecule has 0 spiro atoms.